The van der Waals surface area contributed by atoms with E-state index in [9.17, 15) is 0 Å². The fraction of sp³-hybridized carbons (Fsp3) is 0.524. The molecule has 0 bridgehead atoms. The molecule has 2 aromatic rings. The Balaban J connectivity index is 1.51. The van der Waals surface area contributed by atoms with E-state index in [0.717, 1.165) is 37.2 Å². The molecule has 0 spiro atoms. The number of pyridine rings is 1. The smallest absolute Gasteiger partial charge is 0.242 e. The first-order valence-electron chi connectivity index (χ1n) is 9.93. The fourth-order valence-electron chi connectivity index (χ4n) is 3.75. The van der Waals surface area contributed by atoms with Crippen LogP contribution in [0.1, 0.15) is 38.5 Å². The maximum Gasteiger partial charge on any atom is 0.242 e. The highest BCUT2D eigenvalue weighted by molar-refractivity contribution is 5.64. The second kappa shape index (κ2) is 8.49. The van der Waals surface area contributed by atoms with Gasteiger partial charge in [0.15, 0.2) is 0 Å². The van der Waals surface area contributed by atoms with Gasteiger partial charge in [-0.25, -0.2) is 0 Å². The Morgan fingerprint density at radius 2 is 2.00 bits per heavy atom. The van der Waals surface area contributed by atoms with Crippen LogP contribution < -0.4 is 4.74 Å². The molecule has 0 saturated carbocycles. The molecule has 0 amide bonds. The van der Waals surface area contributed by atoms with Gasteiger partial charge in [0, 0.05) is 18.9 Å². The summed E-state index contributed by atoms with van der Waals surface area (Å²) in [4.78, 5) is 7.04. The lowest BCUT2D eigenvalue weighted by atomic mass is 10.1. The molecule has 138 valence electrons. The van der Waals surface area contributed by atoms with Crippen molar-refractivity contribution >= 4 is 0 Å². The van der Waals surface area contributed by atoms with Crippen LogP contribution in [0.25, 0.3) is 11.3 Å². The number of likely N-dealkylation sites (tertiary alicyclic amines) is 1. The van der Waals surface area contributed by atoms with Crippen LogP contribution in [0.5, 0.6) is 5.88 Å². The molecule has 0 N–H and O–H groups in total. The molecule has 0 radical (unpaired) electrons. The highest BCUT2D eigenvalue weighted by atomic mass is 16.5. The summed E-state index contributed by atoms with van der Waals surface area (Å²) in [5.41, 5.74) is 1.91. The summed E-state index contributed by atoms with van der Waals surface area (Å²) in [6.45, 7) is 4.37. The summed E-state index contributed by atoms with van der Waals surface area (Å²) >= 11 is 0. The predicted molar refractivity (Wildman–Crippen MR) is 103 cm³/mol. The normalized spacial score (nSPS) is 21.0. The van der Waals surface area contributed by atoms with Crippen molar-refractivity contribution in [3.8, 4) is 17.1 Å². The monoisotopic (exact) mass is 352 g/mol. The van der Waals surface area contributed by atoms with Crippen molar-refractivity contribution in [1.29, 1.82) is 0 Å². The number of nitrogens with zero attached hydrogens (tertiary/aromatic N) is 4. The van der Waals surface area contributed by atoms with E-state index in [-0.39, 0.29) is 6.10 Å². The average Bonchev–Trinajstić information content (AvgIpc) is 3.11. The lowest BCUT2D eigenvalue weighted by Gasteiger charge is -2.26. The van der Waals surface area contributed by atoms with Crippen LogP contribution >= 0.6 is 0 Å². The van der Waals surface area contributed by atoms with E-state index in [2.05, 4.69) is 28.2 Å². The number of hydrogen-bond acceptors (Lipinski definition) is 4. The Kier molecular flexibility index (Phi) is 5.65. The molecule has 1 atom stereocenters. The third-order valence-electron chi connectivity index (χ3n) is 5.24. The Hall–Kier alpha value is -2.14. The molecule has 2 aromatic heterocycles. The van der Waals surface area contributed by atoms with Gasteiger partial charge in [0.25, 0.3) is 0 Å². The van der Waals surface area contributed by atoms with Crippen molar-refractivity contribution < 1.29 is 4.74 Å². The lowest BCUT2D eigenvalue weighted by molar-refractivity contribution is 0.209. The molecule has 2 aliphatic rings. The topological polar surface area (TPSA) is 43.2 Å². The molecule has 4 rings (SSSR count). The van der Waals surface area contributed by atoms with E-state index < -0.39 is 0 Å². The number of allylic oxidation sites excluding steroid dienone is 1. The van der Waals surface area contributed by atoms with Gasteiger partial charge in [-0.2, -0.15) is 0 Å². The largest absolute Gasteiger partial charge is 0.469 e. The number of aromatic nitrogens is 3. The van der Waals surface area contributed by atoms with Gasteiger partial charge in [-0.1, -0.05) is 18.6 Å². The fourth-order valence-corrected chi connectivity index (χ4v) is 3.75. The number of hydrogen-bond donors (Lipinski definition) is 0. The van der Waals surface area contributed by atoms with E-state index in [0.29, 0.717) is 5.88 Å². The van der Waals surface area contributed by atoms with Crippen LogP contribution in [0.2, 0.25) is 0 Å². The molecular formula is C21H28N4O. The molecular weight excluding hydrogens is 324 g/mol. The van der Waals surface area contributed by atoms with Crippen LogP contribution in [-0.4, -0.2) is 45.4 Å². The van der Waals surface area contributed by atoms with Gasteiger partial charge >= 0.3 is 0 Å². The van der Waals surface area contributed by atoms with Gasteiger partial charge in [0.2, 0.25) is 5.88 Å². The first-order chi connectivity index (χ1) is 12.9. The van der Waals surface area contributed by atoms with E-state index in [1.807, 2.05) is 29.1 Å². The van der Waals surface area contributed by atoms with Crippen molar-refractivity contribution in [3.05, 3.63) is 42.7 Å². The lowest BCUT2D eigenvalue weighted by Crippen LogP contribution is -2.32. The highest BCUT2D eigenvalue weighted by Gasteiger charge is 2.19. The molecule has 5 nitrogen and oxygen atoms in total. The molecule has 0 aromatic carbocycles. The minimum atomic E-state index is 0.122. The third-order valence-corrected chi connectivity index (χ3v) is 5.24. The van der Waals surface area contributed by atoms with Gasteiger partial charge in [0.05, 0.1) is 17.8 Å². The quantitative estimate of drug-likeness (QED) is 0.739. The summed E-state index contributed by atoms with van der Waals surface area (Å²) in [6.07, 6.45) is 15.8. The second-order valence-electron chi connectivity index (χ2n) is 7.24. The van der Waals surface area contributed by atoms with Gasteiger partial charge in [-0.15, -0.1) is 5.10 Å². The van der Waals surface area contributed by atoms with E-state index in [1.54, 1.807) is 0 Å². The molecule has 1 unspecified atom stereocenters. The van der Waals surface area contributed by atoms with Crippen LogP contribution in [0.4, 0.5) is 0 Å². The molecule has 26 heavy (non-hydrogen) atoms. The first-order valence-corrected chi connectivity index (χ1v) is 9.93. The molecule has 1 aliphatic carbocycles. The van der Waals surface area contributed by atoms with E-state index in [1.165, 1.54) is 38.8 Å². The maximum absolute atomic E-state index is 6.24. The van der Waals surface area contributed by atoms with Gasteiger partial charge in [0.1, 0.15) is 6.10 Å². The maximum atomic E-state index is 6.24. The van der Waals surface area contributed by atoms with Crippen molar-refractivity contribution in [2.45, 2.75) is 51.2 Å². The summed E-state index contributed by atoms with van der Waals surface area (Å²) in [7, 11) is 0. The van der Waals surface area contributed by atoms with Crippen molar-refractivity contribution in [2.75, 3.05) is 19.6 Å². The minimum Gasteiger partial charge on any atom is -0.469 e. The Morgan fingerprint density at radius 3 is 2.77 bits per heavy atom. The van der Waals surface area contributed by atoms with Crippen molar-refractivity contribution in [2.24, 2.45) is 0 Å². The minimum absolute atomic E-state index is 0.122. The van der Waals surface area contributed by atoms with Gasteiger partial charge in [-0.05, 0) is 63.4 Å². The van der Waals surface area contributed by atoms with E-state index >= 15 is 0 Å². The highest BCUT2D eigenvalue weighted by Crippen LogP contribution is 2.29. The zero-order valence-electron chi connectivity index (χ0n) is 15.4. The summed E-state index contributed by atoms with van der Waals surface area (Å²) in [5.74, 6) is 0.707. The average molecular weight is 352 g/mol. The Bertz CT molecular complexity index is 719. The first kappa shape index (κ1) is 17.3. The Morgan fingerprint density at radius 1 is 1.08 bits per heavy atom. The number of rotatable bonds is 6. The van der Waals surface area contributed by atoms with Gasteiger partial charge < -0.3 is 9.64 Å². The standard InChI is InChI=1S/C21H28N4O/c1-3-9-18(10-4-1)26-21-19(20-11-5-6-12-22-20)17-25(23-21)16-15-24-13-7-2-8-14-24/h3,5-6,9,11-12,17-18H,1-2,4,7-8,10,13-16H2. The van der Waals surface area contributed by atoms with E-state index in [4.69, 9.17) is 9.84 Å². The van der Waals surface area contributed by atoms with Crippen molar-refractivity contribution in [1.82, 2.24) is 19.7 Å². The van der Waals surface area contributed by atoms with Crippen molar-refractivity contribution in [3.63, 3.8) is 0 Å². The molecule has 1 aliphatic heterocycles. The summed E-state index contributed by atoms with van der Waals surface area (Å²) in [5, 5.41) is 4.76. The molecule has 5 heteroatoms. The molecule has 1 saturated heterocycles. The number of piperidine rings is 1. The zero-order valence-corrected chi connectivity index (χ0v) is 15.4. The second-order valence-corrected chi connectivity index (χ2v) is 7.24. The van der Waals surface area contributed by atoms with Crippen LogP contribution in [0.15, 0.2) is 42.7 Å². The summed E-state index contributed by atoms with van der Waals surface area (Å²) < 4.78 is 8.27. The third kappa shape index (κ3) is 4.33. The summed E-state index contributed by atoms with van der Waals surface area (Å²) in [6, 6.07) is 5.97. The van der Waals surface area contributed by atoms with Gasteiger partial charge in [-0.3, -0.25) is 9.67 Å². The zero-order chi connectivity index (χ0) is 17.6. The van der Waals surface area contributed by atoms with Crippen LogP contribution in [-0.2, 0) is 6.54 Å². The van der Waals surface area contributed by atoms with Crippen LogP contribution in [0.3, 0.4) is 0 Å². The molecule has 1 fully saturated rings. The van der Waals surface area contributed by atoms with Crippen LogP contribution in [0, 0.1) is 0 Å². The Labute approximate surface area is 155 Å². The SMILES string of the molecule is C1=CC(Oc2nn(CCN3CCCCC3)cc2-c2ccccn2)CCC1. The number of ether oxygens (including phenoxy) is 1. The molecule has 3 heterocycles. The predicted octanol–water partition coefficient (Wildman–Crippen LogP) is 3.92.